The summed E-state index contributed by atoms with van der Waals surface area (Å²) in [6.45, 7) is 0. The van der Waals surface area contributed by atoms with Crippen LogP contribution in [0.3, 0.4) is 0 Å². The highest BCUT2D eigenvalue weighted by Gasteiger charge is 2.14. The predicted molar refractivity (Wildman–Crippen MR) is 84.9 cm³/mol. The summed E-state index contributed by atoms with van der Waals surface area (Å²) in [5.41, 5.74) is 2.36. The van der Waals surface area contributed by atoms with Crippen molar-refractivity contribution < 1.29 is 9.50 Å². The first-order valence-electron chi connectivity index (χ1n) is 6.13. The smallest absolute Gasteiger partial charge is 0.124 e. The summed E-state index contributed by atoms with van der Waals surface area (Å²) in [4.78, 5) is 4.25. The molecule has 3 aromatic rings. The molecule has 0 bridgehead atoms. The van der Waals surface area contributed by atoms with Gasteiger partial charge < -0.3 is 5.11 Å². The summed E-state index contributed by atoms with van der Waals surface area (Å²) in [5, 5.41) is 11.4. The van der Waals surface area contributed by atoms with Gasteiger partial charge in [-0.2, -0.15) is 0 Å². The molecular formula is C16H11FINO. The second kappa shape index (κ2) is 5.46. The Morgan fingerprint density at radius 3 is 2.75 bits per heavy atom. The molecule has 1 unspecified atom stereocenters. The molecule has 0 aliphatic heterocycles. The lowest BCUT2D eigenvalue weighted by atomic mass is 10.00. The largest absolute Gasteiger partial charge is 0.384 e. The lowest BCUT2D eigenvalue weighted by Gasteiger charge is -2.14. The monoisotopic (exact) mass is 379 g/mol. The SMILES string of the molecule is OC(c1ccc2ncccc2c1)c1ccc(F)cc1I. The van der Waals surface area contributed by atoms with Crippen LogP contribution in [0.4, 0.5) is 4.39 Å². The van der Waals surface area contributed by atoms with Crippen molar-refractivity contribution in [3.05, 3.63) is 75.2 Å². The number of aromatic nitrogens is 1. The lowest BCUT2D eigenvalue weighted by Crippen LogP contribution is -2.02. The molecule has 100 valence electrons. The fourth-order valence-electron chi connectivity index (χ4n) is 2.17. The van der Waals surface area contributed by atoms with E-state index in [1.165, 1.54) is 12.1 Å². The molecule has 2 nitrogen and oxygen atoms in total. The number of rotatable bonds is 2. The van der Waals surface area contributed by atoms with E-state index in [2.05, 4.69) is 4.98 Å². The van der Waals surface area contributed by atoms with Gasteiger partial charge in [-0.25, -0.2) is 4.39 Å². The van der Waals surface area contributed by atoms with E-state index in [0.29, 0.717) is 9.13 Å². The Balaban J connectivity index is 2.05. The Morgan fingerprint density at radius 1 is 1.10 bits per heavy atom. The minimum atomic E-state index is -0.771. The fraction of sp³-hybridized carbons (Fsp3) is 0.0625. The van der Waals surface area contributed by atoms with Crippen LogP contribution >= 0.6 is 22.6 Å². The van der Waals surface area contributed by atoms with E-state index in [4.69, 9.17) is 0 Å². The maximum absolute atomic E-state index is 13.1. The van der Waals surface area contributed by atoms with Crippen molar-refractivity contribution in [3.63, 3.8) is 0 Å². The number of benzene rings is 2. The molecule has 0 spiro atoms. The Morgan fingerprint density at radius 2 is 1.95 bits per heavy atom. The van der Waals surface area contributed by atoms with Gasteiger partial charge in [-0.1, -0.05) is 18.2 Å². The summed E-state index contributed by atoms with van der Waals surface area (Å²) in [6.07, 6.45) is 0.966. The summed E-state index contributed by atoms with van der Waals surface area (Å²) in [6, 6.07) is 13.9. The van der Waals surface area contributed by atoms with Gasteiger partial charge in [0, 0.05) is 15.2 Å². The zero-order valence-electron chi connectivity index (χ0n) is 10.4. The highest BCUT2D eigenvalue weighted by molar-refractivity contribution is 14.1. The van der Waals surface area contributed by atoms with Crippen molar-refractivity contribution in [2.24, 2.45) is 0 Å². The molecule has 1 N–H and O–H groups in total. The number of halogens is 2. The van der Waals surface area contributed by atoms with Crippen LogP contribution in [-0.4, -0.2) is 10.1 Å². The van der Waals surface area contributed by atoms with Crippen molar-refractivity contribution in [2.75, 3.05) is 0 Å². The van der Waals surface area contributed by atoms with Gasteiger partial charge in [0.05, 0.1) is 5.52 Å². The molecule has 0 amide bonds. The third-order valence-corrected chi connectivity index (χ3v) is 4.13. The number of hydrogen-bond acceptors (Lipinski definition) is 2. The Kier molecular flexibility index (Phi) is 3.67. The van der Waals surface area contributed by atoms with Gasteiger partial charge in [0.15, 0.2) is 0 Å². The Labute approximate surface area is 129 Å². The predicted octanol–water partition coefficient (Wildman–Crippen LogP) is 4.06. The van der Waals surface area contributed by atoms with E-state index in [1.54, 1.807) is 12.3 Å². The van der Waals surface area contributed by atoms with Gasteiger partial charge in [0.1, 0.15) is 11.9 Å². The number of pyridine rings is 1. The van der Waals surface area contributed by atoms with E-state index >= 15 is 0 Å². The first-order chi connectivity index (χ1) is 9.65. The van der Waals surface area contributed by atoms with E-state index in [0.717, 1.165) is 16.5 Å². The Hall–Kier alpha value is -1.53. The molecular weight excluding hydrogens is 368 g/mol. The molecule has 1 atom stereocenters. The minimum absolute atomic E-state index is 0.298. The van der Waals surface area contributed by atoms with Gasteiger partial charge in [-0.15, -0.1) is 0 Å². The van der Waals surface area contributed by atoms with Crippen molar-refractivity contribution in [3.8, 4) is 0 Å². The van der Waals surface area contributed by atoms with Crippen LogP contribution < -0.4 is 0 Å². The zero-order valence-corrected chi connectivity index (χ0v) is 12.6. The van der Waals surface area contributed by atoms with Crippen LogP contribution in [-0.2, 0) is 0 Å². The van der Waals surface area contributed by atoms with E-state index in [1.807, 2.05) is 52.9 Å². The lowest BCUT2D eigenvalue weighted by molar-refractivity contribution is 0.219. The standard InChI is InChI=1S/C16H11FINO/c17-12-4-5-13(14(18)9-12)16(20)11-3-6-15-10(8-11)2-1-7-19-15/h1-9,16,20H. The van der Waals surface area contributed by atoms with Gasteiger partial charge in [-0.05, 0) is 64.0 Å². The molecule has 0 radical (unpaired) electrons. The van der Waals surface area contributed by atoms with Gasteiger partial charge in [0.25, 0.3) is 0 Å². The van der Waals surface area contributed by atoms with E-state index < -0.39 is 6.10 Å². The first kappa shape index (κ1) is 13.5. The molecule has 2 aromatic carbocycles. The normalized spacial score (nSPS) is 12.6. The molecule has 3 rings (SSSR count). The molecule has 0 aliphatic carbocycles. The first-order valence-corrected chi connectivity index (χ1v) is 7.21. The van der Waals surface area contributed by atoms with Crippen LogP contribution in [0.2, 0.25) is 0 Å². The maximum atomic E-state index is 13.1. The number of aliphatic hydroxyl groups is 1. The highest BCUT2D eigenvalue weighted by Crippen LogP contribution is 2.28. The summed E-state index contributed by atoms with van der Waals surface area (Å²) < 4.78 is 13.8. The van der Waals surface area contributed by atoms with Crippen molar-refractivity contribution >= 4 is 33.5 Å². The minimum Gasteiger partial charge on any atom is -0.384 e. The van der Waals surface area contributed by atoms with Gasteiger partial charge >= 0.3 is 0 Å². The average molecular weight is 379 g/mol. The third-order valence-electron chi connectivity index (χ3n) is 3.20. The highest BCUT2D eigenvalue weighted by atomic mass is 127. The van der Waals surface area contributed by atoms with Crippen LogP contribution in [0.15, 0.2) is 54.7 Å². The van der Waals surface area contributed by atoms with Gasteiger partial charge in [-0.3, -0.25) is 4.98 Å². The average Bonchev–Trinajstić information content (AvgIpc) is 2.46. The number of hydrogen-bond donors (Lipinski definition) is 1. The number of aliphatic hydroxyl groups excluding tert-OH is 1. The topological polar surface area (TPSA) is 33.1 Å². The molecule has 1 aromatic heterocycles. The molecule has 0 saturated carbocycles. The molecule has 0 fully saturated rings. The quantitative estimate of drug-likeness (QED) is 0.682. The summed E-state index contributed by atoms with van der Waals surface area (Å²) in [7, 11) is 0. The van der Waals surface area contributed by atoms with Crippen molar-refractivity contribution in [1.29, 1.82) is 0 Å². The summed E-state index contributed by atoms with van der Waals surface area (Å²) in [5.74, 6) is -0.298. The van der Waals surface area contributed by atoms with E-state index in [-0.39, 0.29) is 5.82 Å². The molecule has 1 heterocycles. The van der Waals surface area contributed by atoms with E-state index in [9.17, 15) is 9.50 Å². The number of nitrogens with zero attached hydrogens (tertiary/aromatic N) is 1. The second-order valence-electron chi connectivity index (χ2n) is 4.52. The second-order valence-corrected chi connectivity index (χ2v) is 5.69. The number of fused-ring (bicyclic) bond motifs is 1. The van der Waals surface area contributed by atoms with Crippen LogP contribution in [0.1, 0.15) is 17.2 Å². The summed E-state index contributed by atoms with van der Waals surface area (Å²) >= 11 is 2.03. The molecule has 4 heteroatoms. The van der Waals surface area contributed by atoms with Crippen molar-refractivity contribution in [1.82, 2.24) is 4.98 Å². The van der Waals surface area contributed by atoms with Gasteiger partial charge in [0.2, 0.25) is 0 Å². The van der Waals surface area contributed by atoms with Crippen LogP contribution in [0.5, 0.6) is 0 Å². The third kappa shape index (κ3) is 2.53. The Bertz CT molecular complexity index is 775. The van der Waals surface area contributed by atoms with Crippen LogP contribution in [0, 0.1) is 9.39 Å². The fourth-order valence-corrected chi connectivity index (χ4v) is 2.94. The van der Waals surface area contributed by atoms with Crippen LogP contribution in [0.25, 0.3) is 10.9 Å². The molecule has 0 aliphatic rings. The zero-order chi connectivity index (χ0) is 14.1. The molecule has 0 saturated heterocycles. The molecule has 20 heavy (non-hydrogen) atoms. The maximum Gasteiger partial charge on any atom is 0.124 e. The van der Waals surface area contributed by atoms with Crippen molar-refractivity contribution in [2.45, 2.75) is 6.10 Å².